The van der Waals surface area contributed by atoms with Crippen LogP contribution in [0.15, 0.2) is 28.6 Å². The topological polar surface area (TPSA) is 52.6 Å². The maximum atomic E-state index is 13.4. The van der Waals surface area contributed by atoms with Gasteiger partial charge < -0.3 is 15.5 Å². The molecule has 1 aromatic heterocycles. The summed E-state index contributed by atoms with van der Waals surface area (Å²) in [4.78, 5) is 9.98. The third-order valence-corrected chi connectivity index (χ3v) is 5.58. The van der Waals surface area contributed by atoms with Gasteiger partial charge in [0, 0.05) is 37.2 Å². The third-order valence-electron chi connectivity index (χ3n) is 4.73. The Morgan fingerprint density at radius 3 is 2.77 bits per heavy atom. The van der Waals surface area contributed by atoms with E-state index in [4.69, 9.17) is 0 Å². The fourth-order valence-corrected chi connectivity index (χ4v) is 4.10. The Kier molecular flexibility index (Phi) is 8.71. The first-order chi connectivity index (χ1) is 13.8. The molecule has 0 saturated carbocycles. The van der Waals surface area contributed by atoms with Crippen molar-refractivity contribution in [1.82, 2.24) is 15.6 Å². The largest absolute Gasteiger partial charge is 0.434 e. The fourth-order valence-electron chi connectivity index (χ4n) is 3.36. The molecule has 1 unspecified atom stereocenters. The van der Waals surface area contributed by atoms with Crippen LogP contribution in [0.5, 0.6) is 0 Å². The van der Waals surface area contributed by atoms with Crippen LogP contribution in [0.25, 0.3) is 0 Å². The highest BCUT2D eigenvalue weighted by atomic mass is 127. The van der Waals surface area contributed by atoms with Crippen LogP contribution in [0.1, 0.15) is 29.1 Å². The minimum Gasteiger partial charge on any atom is -0.369 e. The van der Waals surface area contributed by atoms with E-state index in [0.29, 0.717) is 11.0 Å². The summed E-state index contributed by atoms with van der Waals surface area (Å²) in [5, 5.41) is 7.70. The van der Waals surface area contributed by atoms with Gasteiger partial charge in [0.2, 0.25) is 0 Å². The zero-order valence-corrected chi connectivity index (χ0v) is 19.7. The normalized spacial score (nSPS) is 17.5. The average molecular weight is 557 g/mol. The van der Waals surface area contributed by atoms with Crippen LogP contribution in [0.3, 0.4) is 0 Å². The van der Waals surface area contributed by atoms with Crippen LogP contribution in [-0.2, 0) is 12.7 Å². The molecule has 0 radical (unpaired) electrons. The van der Waals surface area contributed by atoms with Gasteiger partial charge in [-0.05, 0) is 43.5 Å². The second-order valence-corrected chi connectivity index (χ2v) is 7.85. The van der Waals surface area contributed by atoms with E-state index in [0.717, 1.165) is 53.9 Å². The molecule has 0 bridgehead atoms. The summed E-state index contributed by atoms with van der Waals surface area (Å²) in [6.07, 6.45) is -2.53. The van der Waals surface area contributed by atoms with Gasteiger partial charge in [0.05, 0.1) is 6.54 Å². The van der Waals surface area contributed by atoms with Crippen molar-refractivity contribution in [1.29, 1.82) is 0 Å². The summed E-state index contributed by atoms with van der Waals surface area (Å²) >= 11 is 0.960. The molecular weight excluding hydrogens is 533 g/mol. The number of thiazole rings is 1. The fraction of sp³-hybridized carbons (Fsp3) is 0.474. The molecule has 166 valence electrons. The molecule has 1 aliphatic heterocycles. The summed E-state index contributed by atoms with van der Waals surface area (Å²) in [5.41, 5.74) is 1.01. The van der Waals surface area contributed by atoms with Crippen LogP contribution in [-0.4, -0.2) is 37.1 Å². The van der Waals surface area contributed by atoms with Gasteiger partial charge >= 0.3 is 6.18 Å². The van der Waals surface area contributed by atoms with Gasteiger partial charge in [-0.1, -0.05) is 0 Å². The number of piperidine rings is 1. The Morgan fingerprint density at radius 2 is 2.13 bits per heavy atom. The molecule has 0 amide bonds. The minimum atomic E-state index is -4.43. The van der Waals surface area contributed by atoms with Crippen molar-refractivity contribution >= 4 is 47.0 Å². The number of aromatic nitrogens is 1. The SMILES string of the molecule is CN=C(NCc1nc(C(F)(F)F)cs1)NC1CCCN(c2ccc(F)cc2C)C1.I. The van der Waals surface area contributed by atoms with Crippen molar-refractivity contribution < 1.29 is 17.6 Å². The summed E-state index contributed by atoms with van der Waals surface area (Å²) in [6.45, 7) is 3.66. The molecule has 2 N–H and O–H groups in total. The van der Waals surface area contributed by atoms with Crippen LogP contribution in [0.4, 0.5) is 23.2 Å². The first kappa shape index (κ1) is 24.6. The Labute approximate surface area is 194 Å². The van der Waals surface area contributed by atoms with Crippen molar-refractivity contribution in [2.24, 2.45) is 4.99 Å². The monoisotopic (exact) mass is 557 g/mol. The Hall–Kier alpha value is -1.63. The lowest BCUT2D eigenvalue weighted by Gasteiger charge is -2.36. The predicted molar refractivity (Wildman–Crippen MR) is 122 cm³/mol. The van der Waals surface area contributed by atoms with E-state index in [1.54, 1.807) is 13.1 Å². The van der Waals surface area contributed by atoms with Gasteiger partial charge in [-0.15, -0.1) is 35.3 Å². The third kappa shape index (κ3) is 6.43. The van der Waals surface area contributed by atoms with Crippen molar-refractivity contribution in [3.05, 3.63) is 45.7 Å². The number of aliphatic imine (C=N–C) groups is 1. The second-order valence-electron chi connectivity index (χ2n) is 6.91. The zero-order valence-electron chi connectivity index (χ0n) is 16.6. The number of aryl methyl sites for hydroxylation is 1. The van der Waals surface area contributed by atoms with Crippen LogP contribution in [0.2, 0.25) is 0 Å². The molecule has 0 aliphatic carbocycles. The van der Waals surface area contributed by atoms with E-state index in [-0.39, 0.29) is 42.4 Å². The number of halogens is 5. The standard InChI is InChI=1S/C19H23F4N5S.HI/c1-12-8-13(20)5-6-15(12)28-7-3-4-14(10-28)26-18(24-2)25-9-17-27-16(11-29-17)19(21,22)23;/h5-6,8,11,14H,3-4,7,9-10H2,1-2H3,(H2,24,25,26);1H. The maximum absolute atomic E-state index is 13.4. The molecule has 2 aromatic rings. The van der Waals surface area contributed by atoms with Gasteiger partial charge in [-0.25, -0.2) is 9.37 Å². The molecular formula is C19H24F4IN5S. The Bertz CT molecular complexity index is 871. The molecule has 11 heteroatoms. The first-order valence-corrected chi connectivity index (χ1v) is 10.1. The highest BCUT2D eigenvalue weighted by Gasteiger charge is 2.33. The summed E-state index contributed by atoms with van der Waals surface area (Å²) in [7, 11) is 1.61. The van der Waals surface area contributed by atoms with Gasteiger partial charge in [0.15, 0.2) is 11.7 Å². The molecule has 2 heterocycles. The quantitative estimate of drug-likeness (QED) is 0.251. The van der Waals surface area contributed by atoms with Gasteiger partial charge in [0.25, 0.3) is 0 Å². The number of guanidine groups is 1. The number of anilines is 1. The van der Waals surface area contributed by atoms with Crippen LogP contribution < -0.4 is 15.5 Å². The lowest BCUT2D eigenvalue weighted by molar-refractivity contribution is -0.140. The second kappa shape index (κ2) is 10.6. The van der Waals surface area contributed by atoms with E-state index in [9.17, 15) is 17.6 Å². The predicted octanol–water partition coefficient (Wildman–Crippen LogP) is 4.56. The number of nitrogens with zero attached hydrogens (tertiary/aromatic N) is 3. The number of benzene rings is 1. The lowest BCUT2D eigenvalue weighted by Crippen LogP contribution is -2.51. The molecule has 0 spiro atoms. The van der Waals surface area contributed by atoms with Crippen molar-refractivity contribution in [2.75, 3.05) is 25.0 Å². The van der Waals surface area contributed by atoms with Gasteiger partial charge in [-0.3, -0.25) is 4.99 Å². The number of alkyl halides is 3. The van der Waals surface area contributed by atoms with Crippen molar-refractivity contribution in [3.63, 3.8) is 0 Å². The summed E-state index contributed by atoms with van der Waals surface area (Å²) in [5.74, 6) is 0.259. The number of rotatable bonds is 4. The Morgan fingerprint density at radius 1 is 1.37 bits per heavy atom. The van der Waals surface area contributed by atoms with Crippen LogP contribution >= 0.6 is 35.3 Å². The molecule has 3 rings (SSSR count). The average Bonchev–Trinajstić information content (AvgIpc) is 3.15. The zero-order chi connectivity index (χ0) is 21.0. The molecule has 5 nitrogen and oxygen atoms in total. The highest BCUT2D eigenvalue weighted by Crippen LogP contribution is 2.30. The molecule has 1 fully saturated rings. The highest BCUT2D eigenvalue weighted by molar-refractivity contribution is 14.0. The molecule has 1 aliphatic rings. The summed E-state index contributed by atoms with van der Waals surface area (Å²) in [6, 6.07) is 4.89. The molecule has 1 saturated heterocycles. The molecule has 1 atom stereocenters. The maximum Gasteiger partial charge on any atom is 0.434 e. The van der Waals surface area contributed by atoms with E-state index in [1.807, 2.05) is 6.92 Å². The van der Waals surface area contributed by atoms with Gasteiger partial charge in [0.1, 0.15) is 10.8 Å². The summed E-state index contributed by atoms with van der Waals surface area (Å²) < 4.78 is 51.4. The van der Waals surface area contributed by atoms with Gasteiger partial charge in [-0.2, -0.15) is 13.2 Å². The van der Waals surface area contributed by atoms with E-state index in [2.05, 4.69) is 25.5 Å². The smallest absolute Gasteiger partial charge is 0.369 e. The first-order valence-electron chi connectivity index (χ1n) is 9.26. The lowest BCUT2D eigenvalue weighted by atomic mass is 10.0. The van der Waals surface area contributed by atoms with E-state index >= 15 is 0 Å². The number of hydrogen-bond acceptors (Lipinski definition) is 4. The minimum absolute atomic E-state index is 0. The van der Waals surface area contributed by atoms with Crippen molar-refractivity contribution in [2.45, 2.75) is 38.5 Å². The Balaban J connectivity index is 0.00000320. The van der Waals surface area contributed by atoms with E-state index < -0.39 is 11.9 Å². The molecule has 30 heavy (non-hydrogen) atoms. The van der Waals surface area contributed by atoms with E-state index in [1.165, 1.54) is 12.1 Å². The number of hydrogen-bond donors (Lipinski definition) is 2. The molecule has 1 aromatic carbocycles. The van der Waals surface area contributed by atoms with Crippen molar-refractivity contribution in [3.8, 4) is 0 Å². The number of nitrogens with one attached hydrogen (secondary N) is 2. The van der Waals surface area contributed by atoms with Crippen LogP contribution in [0, 0.1) is 12.7 Å².